The summed E-state index contributed by atoms with van der Waals surface area (Å²) in [5, 5.41) is 4.52. The molecule has 1 aliphatic heterocycles. The molecule has 0 saturated carbocycles. The van der Waals surface area contributed by atoms with Gasteiger partial charge in [-0.1, -0.05) is 12.1 Å². The molecule has 2 heterocycles. The maximum Gasteiger partial charge on any atom is 0.166 e. The van der Waals surface area contributed by atoms with Crippen LogP contribution in [0.15, 0.2) is 36.4 Å². The largest absolute Gasteiger partial charge is 0.493 e. The van der Waals surface area contributed by atoms with E-state index in [9.17, 15) is 4.39 Å². The molecule has 2 aromatic carbocycles. The minimum atomic E-state index is -0.208. The van der Waals surface area contributed by atoms with Crippen molar-refractivity contribution in [1.29, 1.82) is 0 Å². The molecule has 0 radical (unpaired) electrons. The number of hydrogen-bond donors (Lipinski definition) is 2. The van der Waals surface area contributed by atoms with Gasteiger partial charge in [0.2, 0.25) is 0 Å². The number of rotatable bonds is 4. The molecule has 0 spiro atoms. The van der Waals surface area contributed by atoms with Crippen LogP contribution in [0.1, 0.15) is 29.8 Å². The Bertz CT molecular complexity index is 919. The van der Waals surface area contributed by atoms with Gasteiger partial charge in [0.25, 0.3) is 0 Å². The molecule has 1 unspecified atom stereocenters. The fourth-order valence-corrected chi connectivity index (χ4v) is 3.69. The maximum absolute atomic E-state index is 13.7. The standard InChI is InChI=1S/C20H21FN2O2/c1-3-25-20-14(5-4-6-17(20)24-2)18-19-13(9-10-22-18)15-11-12(21)7-8-16(15)23-19/h4-8,11,18,22-23H,3,9-10H2,1-2H3. The lowest BCUT2D eigenvalue weighted by Gasteiger charge is -2.27. The molecule has 3 aromatic rings. The molecule has 5 heteroatoms. The minimum absolute atomic E-state index is 0.0455. The molecule has 4 rings (SSSR count). The molecule has 0 fully saturated rings. The van der Waals surface area contributed by atoms with Crippen LogP contribution in [0.3, 0.4) is 0 Å². The van der Waals surface area contributed by atoms with Crippen LogP contribution in [-0.2, 0) is 6.42 Å². The van der Waals surface area contributed by atoms with Crippen LogP contribution >= 0.6 is 0 Å². The average molecular weight is 340 g/mol. The van der Waals surface area contributed by atoms with Gasteiger partial charge in [0.05, 0.1) is 19.8 Å². The molecule has 0 saturated heterocycles. The summed E-state index contributed by atoms with van der Waals surface area (Å²) in [7, 11) is 1.65. The topological polar surface area (TPSA) is 46.3 Å². The first-order valence-corrected chi connectivity index (χ1v) is 8.56. The summed E-state index contributed by atoms with van der Waals surface area (Å²) in [4.78, 5) is 3.47. The maximum atomic E-state index is 13.7. The quantitative estimate of drug-likeness (QED) is 0.756. The van der Waals surface area contributed by atoms with E-state index < -0.39 is 0 Å². The van der Waals surface area contributed by atoms with Crippen molar-refractivity contribution in [2.45, 2.75) is 19.4 Å². The van der Waals surface area contributed by atoms with Crippen molar-refractivity contribution in [2.24, 2.45) is 0 Å². The number of H-pyrrole nitrogens is 1. The van der Waals surface area contributed by atoms with E-state index in [1.807, 2.05) is 25.1 Å². The van der Waals surface area contributed by atoms with Gasteiger partial charge < -0.3 is 19.8 Å². The fourth-order valence-electron chi connectivity index (χ4n) is 3.69. The molecule has 2 N–H and O–H groups in total. The molecule has 1 aromatic heterocycles. The molecule has 4 nitrogen and oxygen atoms in total. The van der Waals surface area contributed by atoms with Crippen LogP contribution in [0.5, 0.6) is 11.5 Å². The summed E-state index contributed by atoms with van der Waals surface area (Å²) in [6, 6.07) is 10.8. The van der Waals surface area contributed by atoms with E-state index in [1.165, 1.54) is 11.6 Å². The number of para-hydroxylation sites is 1. The molecule has 0 bridgehead atoms. The van der Waals surface area contributed by atoms with Crippen molar-refractivity contribution in [2.75, 3.05) is 20.3 Å². The Hall–Kier alpha value is -2.53. The number of methoxy groups -OCH3 is 1. The van der Waals surface area contributed by atoms with Gasteiger partial charge in [-0.25, -0.2) is 4.39 Å². The fraction of sp³-hybridized carbons (Fsp3) is 0.300. The highest BCUT2D eigenvalue weighted by molar-refractivity contribution is 5.85. The molecular formula is C20H21FN2O2. The highest BCUT2D eigenvalue weighted by Gasteiger charge is 2.28. The lowest BCUT2D eigenvalue weighted by molar-refractivity contribution is 0.304. The van der Waals surface area contributed by atoms with Crippen LogP contribution in [0, 0.1) is 5.82 Å². The zero-order valence-electron chi connectivity index (χ0n) is 14.4. The lowest BCUT2D eigenvalue weighted by atomic mass is 9.93. The predicted molar refractivity (Wildman–Crippen MR) is 96.0 cm³/mol. The van der Waals surface area contributed by atoms with E-state index >= 15 is 0 Å². The number of hydrogen-bond acceptors (Lipinski definition) is 3. The Morgan fingerprint density at radius 3 is 2.92 bits per heavy atom. The Labute approximate surface area is 146 Å². The number of aromatic amines is 1. The third-order valence-electron chi connectivity index (χ3n) is 4.74. The van der Waals surface area contributed by atoms with Crippen LogP contribution in [0.2, 0.25) is 0 Å². The van der Waals surface area contributed by atoms with Crippen LogP contribution in [0.4, 0.5) is 4.39 Å². The predicted octanol–water partition coefficient (Wildman–Crippen LogP) is 3.95. The molecular weight excluding hydrogens is 319 g/mol. The Kier molecular flexibility index (Phi) is 4.09. The van der Waals surface area contributed by atoms with Gasteiger partial charge in [0.15, 0.2) is 11.5 Å². The number of ether oxygens (including phenoxy) is 2. The smallest absolute Gasteiger partial charge is 0.166 e. The normalized spacial score (nSPS) is 16.7. The second-order valence-electron chi connectivity index (χ2n) is 6.16. The van der Waals surface area contributed by atoms with E-state index in [0.29, 0.717) is 6.61 Å². The zero-order valence-corrected chi connectivity index (χ0v) is 14.4. The number of benzene rings is 2. The summed E-state index contributed by atoms with van der Waals surface area (Å²) in [5.74, 6) is 1.26. The van der Waals surface area contributed by atoms with Crippen molar-refractivity contribution in [3.63, 3.8) is 0 Å². The molecule has 0 amide bonds. The third-order valence-corrected chi connectivity index (χ3v) is 4.74. The molecule has 0 aliphatic carbocycles. The molecule has 25 heavy (non-hydrogen) atoms. The van der Waals surface area contributed by atoms with Crippen molar-refractivity contribution in [3.05, 3.63) is 59.0 Å². The highest BCUT2D eigenvalue weighted by atomic mass is 19.1. The monoisotopic (exact) mass is 340 g/mol. The van der Waals surface area contributed by atoms with E-state index in [0.717, 1.165) is 46.6 Å². The van der Waals surface area contributed by atoms with E-state index in [2.05, 4.69) is 10.3 Å². The average Bonchev–Trinajstić information content (AvgIpc) is 3.00. The van der Waals surface area contributed by atoms with Gasteiger partial charge in [-0.2, -0.15) is 0 Å². The second kappa shape index (κ2) is 6.41. The van der Waals surface area contributed by atoms with E-state index in [1.54, 1.807) is 19.2 Å². The van der Waals surface area contributed by atoms with Crippen LogP contribution in [-0.4, -0.2) is 25.2 Å². The molecule has 1 atom stereocenters. The number of nitrogens with one attached hydrogen (secondary N) is 2. The summed E-state index contributed by atoms with van der Waals surface area (Å²) in [6.45, 7) is 3.34. The molecule has 130 valence electrons. The van der Waals surface area contributed by atoms with E-state index in [4.69, 9.17) is 9.47 Å². The summed E-state index contributed by atoms with van der Waals surface area (Å²) in [6.07, 6.45) is 0.864. The summed E-state index contributed by atoms with van der Waals surface area (Å²) < 4.78 is 25.1. The minimum Gasteiger partial charge on any atom is -0.493 e. The lowest BCUT2D eigenvalue weighted by Crippen LogP contribution is -2.30. The Morgan fingerprint density at radius 1 is 1.24 bits per heavy atom. The van der Waals surface area contributed by atoms with Crippen LogP contribution < -0.4 is 14.8 Å². The number of aromatic nitrogens is 1. The SMILES string of the molecule is CCOc1c(OC)cccc1C1NCCc2c1[nH]c1ccc(F)cc21. The Morgan fingerprint density at radius 2 is 2.12 bits per heavy atom. The van der Waals surface area contributed by atoms with Crippen molar-refractivity contribution >= 4 is 10.9 Å². The Balaban J connectivity index is 1.88. The third kappa shape index (κ3) is 2.65. The van der Waals surface area contributed by atoms with Crippen LogP contribution in [0.25, 0.3) is 10.9 Å². The van der Waals surface area contributed by atoms with Gasteiger partial charge in [0, 0.05) is 28.7 Å². The van der Waals surface area contributed by atoms with Gasteiger partial charge in [-0.15, -0.1) is 0 Å². The van der Waals surface area contributed by atoms with Crippen molar-refractivity contribution < 1.29 is 13.9 Å². The summed E-state index contributed by atoms with van der Waals surface area (Å²) >= 11 is 0. The first kappa shape index (κ1) is 16.0. The molecule has 1 aliphatic rings. The zero-order chi connectivity index (χ0) is 17.4. The van der Waals surface area contributed by atoms with Gasteiger partial charge in [0.1, 0.15) is 5.82 Å². The first-order valence-electron chi connectivity index (χ1n) is 8.56. The second-order valence-corrected chi connectivity index (χ2v) is 6.16. The first-order chi connectivity index (χ1) is 12.2. The van der Waals surface area contributed by atoms with Gasteiger partial charge in [-0.05, 0) is 43.2 Å². The van der Waals surface area contributed by atoms with Crippen molar-refractivity contribution in [3.8, 4) is 11.5 Å². The summed E-state index contributed by atoms with van der Waals surface area (Å²) in [5.41, 5.74) is 4.22. The van der Waals surface area contributed by atoms with E-state index in [-0.39, 0.29) is 11.9 Å². The highest BCUT2D eigenvalue weighted by Crippen LogP contribution is 2.40. The number of halogens is 1. The van der Waals surface area contributed by atoms with Crippen molar-refractivity contribution in [1.82, 2.24) is 10.3 Å². The van der Waals surface area contributed by atoms with Gasteiger partial charge in [-0.3, -0.25) is 0 Å². The number of fused-ring (bicyclic) bond motifs is 3. The van der Waals surface area contributed by atoms with Gasteiger partial charge >= 0.3 is 0 Å².